The zero-order valence-corrected chi connectivity index (χ0v) is 24.1. The van der Waals surface area contributed by atoms with Crippen molar-refractivity contribution in [1.29, 1.82) is 0 Å². The minimum Gasteiger partial charge on any atom is -0.496 e. The molecule has 0 aliphatic carbocycles. The minimum absolute atomic E-state index is 0.0467. The highest BCUT2D eigenvalue weighted by atomic mass is 35.5. The molecule has 2 heterocycles. The summed E-state index contributed by atoms with van der Waals surface area (Å²) >= 11 is 12.6. The lowest BCUT2D eigenvalue weighted by atomic mass is 10.1. The van der Waals surface area contributed by atoms with Gasteiger partial charge in [0.1, 0.15) is 9.96 Å². The van der Waals surface area contributed by atoms with Crippen LogP contribution in [0.25, 0.3) is 10.9 Å². The van der Waals surface area contributed by atoms with Crippen LogP contribution in [0.1, 0.15) is 24.0 Å². The maximum Gasteiger partial charge on any atom is 0.237 e. The van der Waals surface area contributed by atoms with Crippen molar-refractivity contribution in [2.24, 2.45) is 11.5 Å². The summed E-state index contributed by atoms with van der Waals surface area (Å²) in [5.74, 6) is 0.0289. The molecule has 2 aromatic carbocycles. The molecule has 4 rings (SSSR count). The summed E-state index contributed by atoms with van der Waals surface area (Å²) < 4.78 is 24.6. The number of amides is 2. The van der Waals surface area contributed by atoms with Crippen molar-refractivity contribution in [3.63, 3.8) is 0 Å². The Bertz CT molecular complexity index is 1620. The first-order valence-corrected chi connectivity index (χ1v) is 15.5. The Hall–Kier alpha value is -3.23. The molecule has 2 amide bonds. The van der Waals surface area contributed by atoms with Crippen LogP contribution in [-0.2, 0) is 42.5 Å². The number of aromatic nitrogens is 2. The van der Waals surface area contributed by atoms with E-state index in [-0.39, 0.29) is 25.3 Å². The zero-order chi connectivity index (χ0) is 28.2. The summed E-state index contributed by atoms with van der Waals surface area (Å²) in [7, 11) is -1.54. The van der Waals surface area contributed by atoms with Gasteiger partial charge in [-0.25, -0.2) is 4.21 Å². The van der Waals surface area contributed by atoms with Crippen LogP contribution in [0.3, 0.4) is 0 Å². The molecule has 14 heteroatoms. The van der Waals surface area contributed by atoms with Crippen LogP contribution in [0, 0.1) is 0 Å². The lowest BCUT2D eigenvalue weighted by molar-refractivity contribution is -0.123. The van der Waals surface area contributed by atoms with E-state index in [2.05, 4.69) is 10.0 Å². The maximum atomic E-state index is 13.4. The molecule has 0 aliphatic rings. The molecular formula is C25H27ClN6O4S3. The first-order valence-electron chi connectivity index (χ1n) is 11.8. The number of nitrogens with one attached hydrogen (secondary N) is 2. The third-order valence-corrected chi connectivity index (χ3v) is 10.0. The Kier molecular flexibility index (Phi) is 9.08. The molecule has 0 aliphatic heterocycles. The number of carbonyl (C=O) groups is 2. The summed E-state index contributed by atoms with van der Waals surface area (Å²) in [5, 5.41) is 8.14. The molecule has 39 heavy (non-hydrogen) atoms. The monoisotopic (exact) mass is 606 g/mol. The molecule has 10 nitrogen and oxygen atoms in total. The maximum absolute atomic E-state index is 13.4. The van der Waals surface area contributed by atoms with Crippen molar-refractivity contribution in [1.82, 2.24) is 15.1 Å². The second-order valence-corrected chi connectivity index (χ2v) is 13.7. The van der Waals surface area contributed by atoms with Crippen LogP contribution in [0.2, 0.25) is 4.34 Å². The molecule has 4 aromatic rings. The van der Waals surface area contributed by atoms with Crippen molar-refractivity contribution < 1.29 is 18.5 Å². The van der Waals surface area contributed by atoms with Gasteiger partial charge in [-0.3, -0.25) is 19.0 Å². The predicted molar refractivity (Wildman–Crippen MR) is 157 cm³/mol. The molecule has 206 valence electrons. The molecule has 0 saturated carbocycles. The van der Waals surface area contributed by atoms with Gasteiger partial charge in [0, 0.05) is 24.2 Å². The number of anilines is 1. The smallest absolute Gasteiger partial charge is 0.237 e. The van der Waals surface area contributed by atoms with Gasteiger partial charge in [-0.1, -0.05) is 41.9 Å². The number of benzene rings is 2. The van der Waals surface area contributed by atoms with Gasteiger partial charge in [0.2, 0.25) is 11.8 Å². The molecule has 2 aromatic heterocycles. The first-order chi connectivity index (χ1) is 18.6. The average Bonchev–Trinajstić information content (AvgIpc) is 3.50. The van der Waals surface area contributed by atoms with E-state index in [9.17, 15) is 13.8 Å². The van der Waals surface area contributed by atoms with E-state index in [1.54, 1.807) is 30.0 Å². The highest BCUT2D eigenvalue weighted by Gasteiger charge is 2.21. The average molecular weight is 607 g/mol. The number of primary amides is 1. The van der Waals surface area contributed by atoms with Crippen LogP contribution >= 0.6 is 22.9 Å². The minimum atomic E-state index is -3.10. The summed E-state index contributed by atoms with van der Waals surface area (Å²) in [4.78, 5) is 23.2. The van der Waals surface area contributed by atoms with Gasteiger partial charge in [0.05, 0.1) is 34.9 Å². The number of methoxy groups -OCH3 is 1. The van der Waals surface area contributed by atoms with Gasteiger partial charge in [0.25, 0.3) is 0 Å². The van der Waals surface area contributed by atoms with Crippen molar-refractivity contribution in [3.05, 3.63) is 70.1 Å². The lowest BCUT2D eigenvalue weighted by Crippen LogP contribution is -2.40. The number of ether oxygens (including phenoxy) is 1. The van der Waals surface area contributed by atoms with E-state index in [1.165, 1.54) is 0 Å². The molecule has 0 bridgehead atoms. The van der Waals surface area contributed by atoms with E-state index in [1.807, 2.05) is 36.4 Å². The van der Waals surface area contributed by atoms with E-state index in [0.29, 0.717) is 32.0 Å². The molecule has 0 fully saturated rings. The second kappa shape index (κ2) is 12.3. The number of fused-ring (bicyclic) bond motifs is 1. The van der Waals surface area contributed by atoms with Crippen molar-refractivity contribution >= 4 is 71.3 Å². The quantitative estimate of drug-likeness (QED) is 0.193. The highest BCUT2D eigenvalue weighted by molar-refractivity contribution is 8.34. The Morgan fingerprint density at radius 2 is 1.95 bits per heavy atom. The second-order valence-electron chi connectivity index (χ2n) is 8.67. The van der Waals surface area contributed by atoms with Crippen LogP contribution in [0.5, 0.6) is 5.75 Å². The molecule has 6 N–H and O–H groups in total. The van der Waals surface area contributed by atoms with E-state index in [4.69, 9.17) is 44.1 Å². The summed E-state index contributed by atoms with van der Waals surface area (Å²) in [5.41, 5.74) is 13.5. The van der Waals surface area contributed by atoms with Gasteiger partial charge < -0.3 is 21.5 Å². The predicted octanol–water partition coefficient (Wildman–Crippen LogP) is 3.15. The summed E-state index contributed by atoms with van der Waals surface area (Å²) in [6.07, 6.45) is 0.231. The number of carbonyl (C=O) groups excluding carboxylic acids is 2. The van der Waals surface area contributed by atoms with Crippen LogP contribution < -0.4 is 26.2 Å². The number of hydrogen-bond donors (Lipinski definition) is 4. The molecule has 0 saturated heterocycles. The molecule has 1 unspecified atom stereocenters. The SMILES string of the molecule is COc1cccc2c1c(NS(=O)(=S)c1ccc(Cl)s1)nn2Cc1cccc(CNC(=O)[C@@H](N)CCC(N)=O)c1. The van der Waals surface area contributed by atoms with Gasteiger partial charge in [-0.05, 0) is 41.8 Å². The fourth-order valence-electron chi connectivity index (χ4n) is 3.94. The topological polar surface area (TPSA) is 154 Å². The Morgan fingerprint density at radius 3 is 2.64 bits per heavy atom. The van der Waals surface area contributed by atoms with Gasteiger partial charge in [-0.2, -0.15) is 5.10 Å². The van der Waals surface area contributed by atoms with Gasteiger partial charge in [-0.15, -0.1) is 11.3 Å². The third kappa shape index (κ3) is 7.05. The van der Waals surface area contributed by atoms with Crippen molar-refractivity contribution in [2.75, 3.05) is 11.8 Å². The van der Waals surface area contributed by atoms with Crippen molar-refractivity contribution in [2.45, 2.75) is 36.2 Å². The van der Waals surface area contributed by atoms with Crippen LogP contribution in [-0.4, -0.2) is 39.0 Å². The molecule has 0 spiro atoms. The number of hydrogen-bond acceptors (Lipinski definition) is 8. The third-order valence-electron chi connectivity index (χ3n) is 5.83. The van der Waals surface area contributed by atoms with Gasteiger partial charge in [0.15, 0.2) is 14.5 Å². The number of rotatable bonds is 12. The standard InChI is InChI=1S/C25H27ClN6O4S3/c1-36-19-7-3-6-18-23(19)24(31-39(35,37)22-11-9-20(26)38-22)30-32(18)14-16-5-2-4-15(12-16)13-29-25(34)17(27)8-10-21(28)33/h2-7,9,11-12,17H,8,10,13-14,27H2,1H3,(H2,28,33)(H,29,34)(H,30,31)/t17-,39?/m0/s1. The summed E-state index contributed by atoms with van der Waals surface area (Å²) in [6, 6.07) is 15.7. The van der Waals surface area contributed by atoms with E-state index >= 15 is 0 Å². The summed E-state index contributed by atoms with van der Waals surface area (Å²) in [6.45, 7) is 0.646. The number of halogens is 1. The molecule has 0 radical (unpaired) electrons. The first kappa shape index (κ1) is 28.8. The van der Waals surface area contributed by atoms with E-state index in [0.717, 1.165) is 28.0 Å². The van der Waals surface area contributed by atoms with Crippen molar-refractivity contribution in [3.8, 4) is 5.75 Å². The fraction of sp³-hybridized carbons (Fsp3) is 0.240. The number of thiophene rings is 1. The highest BCUT2D eigenvalue weighted by Crippen LogP contribution is 2.35. The molecular weight excluding hydrogens is 580 g/mol. The number of nitrogens with two attached hydrogens (primary N) is 2. The largest absolute Gasteiger partial charge is 0.496 e. The fourth-order valence-corrected chi connectivity index (χ4v) is 7.14. The van der Waals surface area contributed by atoms with Gasteiger partial charge >= 0.3 is 0 Å². The van der Waals surface area contributed by atoms with E-state index < -0.39 is 20.6 Å². The van der Waals surface area contributed by atoms with Crippen LogP contribution in [0.4, 0.5) is 5.82 Å². The van der Waals surface area contributed by atoms with Crippen LogP contribution in [0.15, 0.2) is 58.8 Å². The zero-order valence-electron chi connectivity index (χ0n) is 20.9. The Balaban J connectivity index is 1.56. The lowest BCUT2D eigenvalue weighted by Gasteiger charge is -2.12. The molecule has 2 atom stereocenters. The Morgan fingerprint density at radius 1 is 1.21 bits per heavy atom. The number of nitrogens with zero attached hydrogens (tertiary/aromatic N) is 2. The normalized spacial score (nSPS) is 13.5. The Labute approximate surface area is 239 Å².